The number of non-ortho nitro benzene ring substituents is 1. The van der Waals surface area contributed by atoms with E-state index in [4.69, 9.17) is 33.4 Å². The SMILES string of the molecule is CC(C)C[C@H](NC(=O)[C@@H]1CCCN1C(=O)[C@@H](N)CCCN=C(N)N)C(=O)NCC(=O)N[C@@H](CCCCOCc1ccccc1)C(=O)N[C@@H](CNc1ccc([N+](=O)[O-])cc1[N+](=O)[O-])C(=O)N[C@@H](C)C(=O)N[C@H](C=O)CCCN=C(N)N. The number of nitrogens with one attached hydrogen (secondary N) is 7. The first kappa shape index (κ1) is 65.7. The lowest BCUT2D eigenvalue weighted by atomic mass is 10.0. The lowest BCUT2D eigenvalue weighted by Gasteiger charge is -2.28. The van der Waals surface area contributed by atoms with Gasteiger partial charge >= 0.3 is 0 Å². The number of nitro benzene ring substituents is 2. The normalized spacial score (nSPS) is 15.1. The summed E-state index contributed by atoms with van der Waals surface area (Å²) in [6, 6.07) is 3.64. The van der Waals surface area contributed by atoms with E-state index in [2.05, 4.69) is 47.2 Å². The molecule has 1 aliphatic rings. The molecule has 0 spiro atoms. The fraction of sp³-hybridized carbons (Fsp3) is 0.560. The van der Waals surface area contributed by atoms with Crippen molar-refractivity contribution in [2.45, 2.75) is 134 Å². The molecule has 2 aromatic carbocycles. The van der Waals surface area contributed by atoms with E-state index in [1.54, 1.807) is 0 Å². The summed E-state index contributed by atoms with van der Waals surface area (Å²) in [4.78, 5) is 139. The Bertz CT molecular complexity index is 2490. The Balaban J connectivity index is 1.84. The number of benzene rings is 2. The van der Waals surface area contributed by atoms with E-state index in [1.165, 1.54) is 11.8 Å². The standard InChI is InChI=1S/C50H77N17O13/c1-30(2)24-38(63-47(74)40-17-11-22-65(40)48(75)35(51)15-10-21-57-50(54)55)44(71)59-27-42(69)62-37(16-7-8-23-80-29-32-12-5-4-6-13-32)45(72)64-39(26-58-36-19-18-34(66(76)77)25-41(36)67(78)79)46(73)60-31(3)43(70)61-33(28-68)14-9-20-56-49(52)53/h4-6,12-13,18-19,25,28,30-31,33,35,37-40,58H,7-11,14-17,20-24,26-27,29,51H2,1-3H3,(H,59,71)(H,60,73)(H,61,70)(H,62,69)(H,63,74)(H,64,72)(H4,52,53,56)(H4,54,55,57)/t31-,33-,35-,37-,38-,39-,40-/m0/s1. The summed E-state index contributed by atoms with van der Waals surface area (Å²) in [5.41, 5.74) is 26.9. The molecule has 0 unspecified atom stereocenters. The van der Waals surface area contributed by atoms with E-state index < -0.39 is 118 Å². The highest BCUT2D eigenvalue weighted by Gasteiger charge is 2.38. The van der Waals surface area contributed by atoms with Crippen molar-refractivity contribution in [3.05, 3.63) is 74.3 Å². The Morgan fingerprint density at radius 1 is 0.762 bits per heavy atom. The molecule has 1 fully saturated rings. The Labute approximate surface area is 462 Å². The number of nitrogens with two attached hydrogens (primary N) is 5. The van der Waals surface area contributed by atoms with Crippen molar-refractivity contribution >= 4 is 76.6 Å². The van der Waals surface area contributed by atoms with Crippen LogP contribution in [0.25, 0.3) is 0 Å². The first-order chi connectivity index (χ1) is 38.0. The molecule has 1 aliphatic heterocycles. The number of likely N-dealkylation sites (tertiary alicyclic amines) is 1. The van der Waals surface area contributed by atoms with Crippen LogP contribution in [-0.2, 0) is 49.7 Å². The lowest BCUT2D eigenvalue weighted by Crippen LogP contribution is -2.59. The van der Waals surface area contributed by atoms with E-state index in [0.29, 0.717) is 51.1 Å². The van der Waals surface area contributed by atoms with Gasteiger partial charge < -0.3 is 80.3 Å². The largest absolute Gasteiger partial charge is 0.377 e. The van der Waals surface area contributed by atoms with Gasteiger partial charge in [0.2, 0.25) is 41.4 Å². The van der Waals surface area contributed by atoms with E-state index in [9.17, 15) is 58.6 Å². The lowest BCUT2D eigenvalue weighted by molar-refractivity contribution is -0.393. The predicted molar refractivity (Wildman–Crippen MR) is 295 cm³/mol. The van der Waals surface area contributed by atoms with Crippen LogP contribution in [-0.4, -0.2) is 156 Å². The third-order valence-electron chi connectivity index (χ3n) is 12.4. The first-order valence-corrected chi connectivity index (χ1v) is 26.2. The van der Waals surface area contributed by atoms with Gasteiger partial charge in [0.25, 0.3) is 11.4 Å². The van der Waals surface area contributed by atoms with Crippen LogP contribution in [0.1, 0.15) is 90.5 Å². The van der Waals surface area contributed by atoms with Crippen LogP contribution in [0.3, 0.4) is 0 Å². The molecular weight excluding hydrogens is 1050 g/mol. The zero-order chi connectivity index (χ0) is 59.3. The van der Waals surface area contributed by atoms with Crippen molar-refractivity contribution in [3.8, 4) is 0 Å². The van der Waals surface area contributed by atoms with E-state index in [-0.39, 0.29) is 81.9 Å². The highest BCUT2D eigenvalue weighted by molar-refractivity contribution is 5.97. The Morgan fingerprint density at radius 3 is 2.05 bits per heavy atom. The van der Waals surface area contributed by atoms with E-state index in [0.717, 1.165) is 17.7 Å². The minimum atomic E-state index is -1.67. The number of unbranched alkanes of at least 4 members (excludes halogenated alkanes) is 1. The molecule has 17 N–H and O–H groups in total. The van der Waals surface area contributed by atoms with Crippen molar-refractivity contribution < 1.29 is 52.9 Å². The minimum Gasteiger partial charge on any atom is -0.377 e. The zero-order valence-electron chi connectivity index (χ0n) is 45.3. The van der Waals surface area contributed by atoms with Crippen LogP contribution in [0.4, 0.5) is 17.1 Å². The van der Waals surface area contributed by atoms with E-state index >= 15 is 0 Å². The summed E-state index contributed by atoms with van der Waals surface area (Å²) in [7, 11) is 0. The number of aldehydes is 1. The summed E-state index contributed by atoms with van der Waals surface area (Å²) in [6.45, 7) is 4.87. The highest BCUT2D eigenvalue weighted by Crippen LogP contribution is 2.29. The topological polar surface area (TPSA) is 474 Å². The smallest absolute Gasteiger partial charge is 0.299 e. The van der Waals surface area contributed by atoms with Crippen molar-refractivity contribution in [2.75, 3.05) is 44.6 Å². The van der Waals surface area contributed by atoms with Crippen LogP contribution in [0.2, 0.25) is 0 Å². The Hall–Kier alpha value is -8.54. The summed E-state index contributed by atoms with van der Waals surface area (Å²) in [5, 5.41) is 41.4. The van der Waals surface area contributed by atoms with Crippen molar-refractivity contribution in [2.24, 2.45) is 44.6 Å². The number of anilines is 1. The number of hydrogen-bond acceptors (Lipinski definition) is 17. The number of aliphatic imine (C=N–C) groups is 2. The predicted octanol–water partition coefficient (Wildman–Crippen LogP) is -1.47. The first-order valence-electron chi connectivity index (χ1n) is 26.2. The molecule has 1 saturated heterocycles. The van der Waals surface area contributed by atoms with Gasteiger partial charge in [0.1, 0.15) is 42.2 Å². The van der Waals surface area contributed by atoms with Crippen LogP contribution in [0.5, 0.6) is 0 Å². The van der Waals surface area contributed by atoms with Crippen LogP contribution in [0, 0.1) is 26.1 Å². The molecule has 7 amide bonds. The number of hydrogen-bond donors (Lipinski definition) is 12. The quantitative estimate of drug-likeness (QED) is 0.00926. The molecule has 7 atom stereocenters. The monoisotopic (exact) mass is 1120 g/mol. The van der Waals surface area contributed by atoms with Gasteiger partial charge in [-0.25, -0.2) is 0 Å². The number of amides is 7. The Morgan fingerprint density at radius 2 is 1.43 bits per heavy atom. The molecule has 80 heavy (non-hydrogen) atoms. The van der Waals surface area contributed by atoms with Gasteiger partial charge in [-0.3, -0.25) is 63.8 Å². The number of ether oxygens (including phenoxy) is 1. The summed E-state index contributed by atoms with van der Waals surface area (Å²) >= 11 is 0. The number of nitro groups is 2. The molecule has 0 aliphatic carbocycles. The number of carbonyl (C=O) groups is 8. The molecule has 440 valence electrons. The fourth-order valence-corrected chi connectivity index (χ4v) is 8.26. The molecule has 0 radical (unpaired) electrons. The second-order valence-electron chi connectivity index (χ2n) is 19.4. The average Bonchev–Trinajstić information content (AvgIpc) is 3.92. The van der Waals surface area contributed by atoms with Gasteiger partial charge in [-0.15, -0.1) is 0 Å². The molecule has 0 saturated carbocycles. The highest BCUT2D eigenvalue weighted by atomic mass is 16.6. The molecule has 0 bridgehead atoms. The second kappa shape index (κ2) is 34.4. The maximum Gasteiger partial charge on any atom is 0.299 e. The number of carbonyl (C=O) groups excluding carboxylic acids is 8. The molecule has 3 rings (SSSR count). The van der Waals surface area contributed by atoms with Crippen molar-refractivity contribution in [1.82, 2.24) is 36.8 Å². The molecule has 30 nitrogen and oxygen atoms in total. The van der Waals surface area contributed by atoms with Crippen LogP contribution < -0.4 is 65.9 Å². The number of nitrogens with zero attached hydrogens (tertiary/aromatic N) is 5. The third kappa shape index (κ3) is 23.6. The van der Waals surface area contributed by atoms with Gasteiger partial charge in [-0.2, -0.15) is 0 Å². The van der Waals surface area contributed by atoms with Crippen LogP contribution >= 0.6 is 0 Å². The second-order valence-corrected chi connectivity index (χ2v) is 19.4. The summed E-state index contributed by atoms with van der Waals surface area (Å²) < 4.78 is 5.79. The van der Waals surface area contributed by atoms with Gasteiger partial charge in [0, 0.05) is 38.9 Å². The van der Waals surface area contributed by atoms with Gasteiger partial charge in [0.15, 0.2) is 11.9 Å². The van der Waals surface area contributed by atoms with Gasteiger partial charge in [-0.05, 0) is 88.7 Å². The summed E-state index contributed by atoms with van der Waals surface area (Å²) in [6.07, 6.45) is 3.19. The molecule has 0 aromatic heterocycles. The van der Waals surface area contributed by atoms with Crippen molar-refractivity contribution in [3.63, 3.8) is 0 Å². The zero-order valence-corrected chi connectivity index (χ0v) is 45.3. The maximum absolute atomic E-state index is 14.3. The van der Waals surface area contributed by atoms with Gasteiger partial charge in [-0.1, -0.05) is 44.2 Å². The fourth-order valence-electron chi connectivity index (χ4n) is 8.26. The van der Waals surface area contributed by atoms with Crippen LogP contribution in [0.15, 0.2) is 58.5 Å². The minimum absolute atomic E-state index is 0.0482. The van der Waals surface area contributed by atoms with Crippen molar-refractivity contribution in [1.29, 1.82) is 0 Å². The Kier molecular flexibility index (Phi) is 28.2. The molecule has 30 heteroatoms. The van der Waals surface area contributed by atoms with Gasteiger partial charge in [0.05, 0.1) is 41.1 Å². The number of rotatable bonds is 36. The van der Waals surface area contributed by atoms with E-state index in [1.807, 2.05) is 44.2 Å². The maximum atomic E-state index is 14.3. The third-order valence-corrected chi connectivity index (χ3v) is 12.4. The number of guanidine groups is 2. The molecule has 2 aromatic rings. The summed E-state index contributed by atoms with van der Waals surface area (Å²) in [5.74, 6) is -5.78. The molecule has 1 heterocycles. The molecular formula is C50H77N17O13. The average molecular weight is 1120 g/mol.